The van der Waals surface area contributed by atoms with Gasteiger partial charge in [-0.15, -0.1) is 11.3 Å². The lowest BCUT2D eigenvalue weighted by Crippen LogP contribution is -2.33. The van der Waals surface area contributed by atoms with Crippen molar-refractivity contribution < 1.29 is 9.18 Å². The third-order valence-corrected chi connectivity index (χ3v) is 7.41. The molecule has 3 heterocycles. The number of carbonyl (C=O) groups excluding carboxylic acids is 1. The molecular weight excluding hydrogens is 471 g/mol. The van der Waals surface area contributed by atoms with Crippen LogP contribution >= 0.6 is 11.3 Å². The van der Waals surface area contributed by atoms with Gasteiger partial charge in [-0.05, 0) is 67.4 Å². The van der Waals surface area contributed by atoms with Gasteiger partial charge in [0.15, 0.2) is 0 Å². The van der Waals surface area contributed by atoms with Crippen molar-refractivity contribution >= 4 is 29.0 Å². The van der Waals surface area contributed by atoms with Crippen molar-refractivity contribution in [1.82, 2.24) is 14.9 Å². The fourth-order valence-corrected chi connectivity index (χ4v) is 5.39. The third-order valence-electron chi connectivity index (χ3n) is 6.40. The zero-order valence-corrected chi connectivity index (χ0v) is 20.6. The van der Waals surface area contributed by atoms with E-state index in [-0.39, 0.29) is 11.7 Å². The van der Waals surface area contributed by atoms with Gasteiger partial charge in [0.1, 0.15) is 11.5 Å². The Morgan fingerprint density at radius 2 is 1.81 bits per heavy atom. The number of thiazole rings is 1. The molecule has 36 heavy (non-hydrogen) atoms. The standard InChI is InChI=1S/C29H27FN4OS/c30-24-9-7-22(8-10-24)25-5-1-2-6-26(25)32-28(35)27-20-36-29(33-27)23-13-18-34(19-14-23)17-3-4-21-11-15-31-16-12-21/h1-12,15-16,20,23H,13-14,17-19H2,(H,32,35). The van der Waals surface area contributed by atoms with Gasteiger partial charge < -0.3 is 5.32 Å². The zero-order valence-electron chi connectivity index (χ0n) is 19.8. The van der Waals surface area contributed by atoms with Gasteiger partial charge in [0.25, 0.3) is 5.91 Å². The fourth-order valence-electron chi connectivity index (χ4n) is 4.41. The van der Waals surface area contributed by atoms with E-state index >= 15 is 0 Å². The number of pyridine rings is 1. The van der Waals surface area contributed by atoms with E-state index in [9.17, 15) is 9.18 Å². The molecule has 4 aromatic rings. The Balaban J connectivity index is 1.17. The summed E-state index contributed by atoms with van der Waals surface area (Å²) in [6.45, 7) is 2.95. The Morgan fingerprint density at radius 1 is 1.06 bits per heavy atom. The van der Waals surface area contributed by atoms with Gasteiger partial charge in [0, 0.05) is 41.5 Å². The van der Waals surface area contributed by atoms with Crippen LogP contribution in [0.3, 0.4) is 0 Å². The monoisotopic (exact) mass is 498 g/mol. The number of nitrogens with one attached hydrogen (secondary N) is 1. The second-order valence-corrected chi connectivity index (χ2v) is 9.73. The number of nitrogens with zero attached hydrogens (tertiary/aromatic N) is 3. The highest BCUT2D eigenvalue weighted by atomic mass is 32.1. The minimum atomic E-state index is -0.289. The van der Waals surface area contributed by atoms with E-state index in [1.54, 1.807) is 35.9 Å². The molecule has 1 amide bonds. The Bertz CT molecular complexity index is 1330. The molecule has 0 bridgehead atoms. The minimum absolute atomic E-state index is 0.231. The van der Waals surface area contributed by atoms with Crippen LogP contribution in [0, 0.1) is 5.82 Å². The number of aromatic nitrogens is 2. The number of halogens is 1. The SMILES string of the molecule is O=C(Nc1ccccc1-c1ccc(F)cc1)c1csc(C2CCN(CC=Cc3ccncc3)CC2)n1. The number of hydrogen-bond donors (Lipinski definition) is 1. The van der Waals surface area contributed by atoms with Gasteiger partial charge in [-0.2, -0.15) is 0 Å². The maximum absolute atomic E-state index is 13.3. The topological polar surface area (TPSA) is 58.1 Å². The van der Waals surface area contributed by atoms with Crippen LogP contribution in [0.2, 0.25) is 0 Å². The first-order valence-electron chi connectivity index (χ1n) is 12.1. The van der Waals surface area contributed by atoms with Gasteiger partial charge in [0.05, 0.1) is 5.01 Å². The van der Waals surface area contributed by atoms with E-state index in [1.807, 2.05) is 41.8 Å². The van der Waals surface area contributed by atoms with Crippen molar-refractivity contribution in [1.29, 1.82) is 0 Å². The summed E-state index contributed by atoms with van der Waals surface area (Å²) in [6.07, 6.45) is 10.0. The molecule has 5 rings (SSSR count). The molecule has 0 atom stereocenters. The Kier molecular flexibility index (Phi) is 7.59. The Hall–Kier alpha value is -3.68. The van der Waals surface area contributed by atoms with Crippen LogP contribution in [-0.4, -0.2) is 40.4 Å². The summed E-state index contributed by atoms with van der Waals surface area (Å²) in [7, 11) is 0. The van der Waals surface area contributed by atoms with Gasteiger partial charge in [-0.3, -0.25) is 14.7 Å². The van der Waals surface area contributed by atoms with E-state index in [1.165, 1.54) is 12.1 Å². The first-order chi connectivity index (χ1) is 17.7. The highest BCUT2D eigenvalue weighted by Crippen LogP contribution is 2.31. The fraction of sp³-hybridized carbons (Fsp3) is 0.207. The maximum atomic E-state index is 13.3. The molecule has 5 nitrogen and oxygen atoms in total. The number of likely N-dealkylation sites (tertiary alicyclic amines) is 1. The summed E-state index contributed by atoms with van der Waals surface area (Å²) in [5, 5.41) is 5.86. The van der Waals surface area contributed by atoms with Crippen molar-refractivity contribution in [2.75, 3.05) is 25.0 Å². The van der Waals surface area contributed by atoms with Gasteiger partial charge >= 0.3 is 0 Å². The van der Waals surface area contributed by atoms with Crippen molar-refractivity contribution in [3.05, 3.63) is 107 Å². The van der Waals surface area contributed by atoms with Gasteiger partial charge in [0.2, 0.25) is 0 Å². The quantitative estimate of drug-likeness (QED) is 0.316. The molecule has 2 aromatic carbocycles. The number of carbonyl (C=O) groups is 1. The molecule has 182 valence electrons. The van der Waals surface area contributed by atoms with Crippen LogP contribution in [0.5, 0.6) is 0 Å². The summed E-state index contributed by atoms with van der Waals surface area (Å²) in [6, 6.07) is 17.8. The maximum Gasteiger partial charge on any atom is 0.275 e. The summed E-state index contributed by atoms with van der Waals surface area (Å²) in [5.74, 6) is -0.142. The molecule has 2 aromatic heterocycles. The average Bonchev–Trinajstić information content (AvgIpc) is 3.41. The molecule has 0 aliphatic carbocycles. The van der Waals surface area contributed by atoms with Crippen molar-refractivity contribution in [2.24, 2.45) is 0 Å². The van der Waals surface area contributed by atoms with Gasteiger partial charge in [-0.1, -0.05) is 42.5 Å². The summed E-state index contributed by atoms with van der Waals surface area (Å²) in [5.41, 5.74) is 3.96. The number of benzene rings is 2. The Labute approximate surface area is 214 Å². The van der Waals surface area contributed by atoms with Crippen molar-refractivity contribution in [3.8, 4) is 11.1 Å². The Morgan fingerprint density at radius 3 is 2.58 bits per heavy atom. The van der Waals surface area contributed by atoms with Crippen LogP contribution in [-0.2, 0) is 0 Å². The second kappa shape index (κ2) is 11.4. The molecule has 0 spiro atoms. The minimum Gasteiger partial charge on any atom is -0.320 e. The van der Waals surface area contributed by atoms with Crippen LogP contribution in [0.1, 0.15) is 39.8 Å². The van der Waals surface area contributed by atoms with E-state index in [0.29, 0.717) is 17.3 Å². The van der Waals surface area contributed by atoms with E-state index in [0.717, 1.165) is 54.2 Å². The highest BCUT2D eigenvalue weighted by Gasteiger charge is 2.23. The van der Waals surface area contributed by atoms with E-state index in [4.69, 9.17) is 0 Å². The third kappa shape index (κ3) is 5.93. The molecule has 0 unspecified atom stereocenters. The smallest absolute Gasteiger partial charge is 0.275 e. The number of anilines is 1. The molecule has 1 fully saturated rings. The van der Waals surface area contributed by atoms with Crippen LogP contribution in [0.4, 0.5) is 10.1 Å². The number of piperidine rings is 1. The molecule has 0 saturated carbocycles. The number of hydrogen-bond acceptors (Lipinski definition) is 5. The first-order valence-corrected chi connectivity index (χ1v) is 12.9. The van der Waals surface area contributed by atoms with Crippen LogP contribution in [0.15, 0.2) is 84.5 Å². The largest absolute Gasteiger partial charge is 0.320 e. The van der Waals surface area contributed by atoms with Crippen LogP contribution < -0.4 is 5.32 Å². The molecule has 7 heteroatoms. The summed E-state index contributed by atoms with van der Waals surface area (Å²) >= 11 is 1.56. The number of amides is 1. The lowest BCUT2D eigenvalue weighted by atomic mass is 9.97. The van der Waals surface area contributed by atoms with Crippen molar-refractivity contribution in [3.63, 3.8) is 0 Å². The predicted octanol–water partition coefficient (Wildman–Crippen LogP) is 6.49. The highest BCUT2D eigenvalue weighted by molar-refractivity contribution is 7.10. The van der Waals surface area contributed by atoms with Crippen molar-refractivity contribution in [2.45, 2.75) is 18.8 Å². The molecule has 1 N–H and O–H groups in total. The van der Waals surface area contributed by atoms with Gasteiger partial charge in [-0.25, -0.2) is 9.37 Å². The zero-order chi connectivity index (χ0) is 24.7. The molecule has 1 aliphatic rings. The lowest BCUT2D eigenvalue weighted by Gasteiger charge is -2.30. The number of rotatable bonds is 7. The molecular formula is C29H27FN4OS. The van der Waals surface area contributed by atoms with Crippen LogP contribution in [0.25, 0.3) is 17.2 Å². The number of para-hydroxylation sites is 1. The average molecular weight is 499 g/mol. The predicted molar refractivity (Wildman–Crippen MR) is 144 cm³/mol. The van der Waals surface area contributed by atoms with E-state index < -0.39 is 0 Å². The second-order valence-electron chi connectivity index (χ2n) is 8.84. The normalized spacial score (nSPS) is 14.8. The summed E-state index contributed by atoms with van der Waals surface area (Å²) in [4.78, 5) is 24.2. The summed E-state index contributed by atoms with van der Waals surface area (Å²) < 4.78 is 13.3. The molecule has 0 radical (unpaired) electrons. The first kappa shape index (κ1) is 24.0. The molecule has 1 saturated heterocycles. The lowest BCUT2D eigenvalue weighted by molar-refractivity contribution is 0.102. The van der Waals surface area contributed by atoms with E-state index in [2.05, 4.69) is 32.3 Å². The molecule has 1 aliphatic heterocycles.